The van der Waals surface area contributed by atoms with Gasteiger partial charge in [-0.15, -0.1) is 0 Å². The highest BCUT2D eigenvalue weighted by atomic mass is 35.5. The lowest BCUT2D eigenvalue weighted by atomic mass is 10.1. The van der Waals surface area contributed by atoms with Crippen molar-refractivity contribution in [2.45, 2.75) is 20.3 Å². The fourth-order valence-corrected chi connectivity index (χ4v) is 2.10. The van der Waals surface area contributed by atoms with Crippen LogP contribution in [0.2, 0.25) is 5.02 Å². The van der Waals surface area contributed by atoms with E-state index in [1.807, 2.05) is 0 Å². The molecule has 0 aliphatic heterocycles. The summed E-state index contributed by atoms with van der Waals surface area (Å²) in [7, 11) is 0. The summed E-state index contributed by atoms with van der Waals surface area (Å²) in [6.07, 6.45) is -2.94. The number of aryl methyl sites for hydroxylation is 1. The van der Waals surface area contributed by atoms with Crippen LogP contribution < -0.4 is 0 Å². The second kappa shape index (κ2) is 6.22. The molecule has 0 saturated heterocycles. The Balaban J connectivity index is 2.50. The summed E-state index contributed by atoms with van der Waals surface area (Å²) in [6, 6.07) is 4.89. The van der Waals surface area contributed by atoms with E-state index >= 15 is 0 Å². The number of alkyl halides is 2. The molecule has 0 radical (unpaired) electrons. The lowest BCUT2D eigenvalue weighted by Crippen LogP contribution is -2.06. The third-order valence-electron chi connectivity index (χ3n) is 2.61. The summed E-state index contributed by atoms with van der Waals surface area (Å²) in [4.78, 5) is 15.3. The maximum Gasteiger partial charge on any atom is 0.376 e. The molecule has 2 aromatic rings. The predicted molar refractivity (Wildman–Crippen MR) is 72.6 cm³/mol. The number of benzene rings is 1. The minimum atomic E-state index is -2.94. The van der Waals surface area contributed by atoms with Crippen molar-refractivity contribution in [1.29, 1.82) is 0 Å². The van der Waals surface area contributed by atoms with E-state index in [0.29, 0.717) is 10.6 Å². The molecule has 0 atom stereocenters. The highest BCUT2D eigenvalue weighted by Crippen LogP contribution is 2.30. The van der Waals surface area contributed by atoms with E-state index in [-0.39, 0.29) is 12.5 Å². The molecule has 0 bridgehead atoms. The number of nitrogens with zero attached hydrogens (tertiary/aromatic N) is 1. The van der Waals surface area contributed by atoms with Crippen LogP contribution in [0.3, 0.4) is 0 Å². The molecule has 1 aromatic heterocycles. The first-order valence-electron chi connectivity index (χ1n) is 6.16. The number of halogens is 3. The number of hydrogen-bond acceptors (Lipinski definition) is 4. The molecule has 1 heterocycles. The van der Waals surface area contributed by atoms with Gasteiger partial charge in [-0.25, -0.2) is 18.6 Å². The predicted octanol–water partition coefficient (Wildman–Crippen LogP) is 4.42. The van der Waals surface area contributed by atoms with E-state index in [9.17, 15) is 13.6 Å². The van der Waals surface area contributed by atoms with Crippen LogP contribution in [0.1, 0.15) is 35.2 Å². The van der Waals surface area contributed by atoms with Gasteiger partial charge in [0, 0.05) is 10.6 Å². The Hall–Kier alpha value is -1.95. The number of carbonyl (C=O) groups excluding carboxylic acids is 1. The highest BCUT2D eigenvalue weighted by Gasteiger charge is 2.28. The molecule has 4 nitrogen and oxygen atoms in total. The van der Waals surface area contributed by atoms with Gasteiger partial charge in [-0.2, -0.15) is 0 Å². The Morgan fingerprint density at radius 2 is 2.14 bits per heavy atom. The Labute approximate surface area is 124 Å². The molecular weight excluding hydrogens is 304 g/mol. The van der Waals surface area contributed by atoms with Gasteiger partial charge in [-0.3, -0.25) is 0 Å². The van der Waals surface area contributed by atoms with Crippen molar-refractivity contribution >= 4 is 17.6 Å². The van der Waals surface area contributed by atoms with Gasteiger partial charge in [0.2, 0.25) is 11.7 Å². The first kappa shape index (κ1) is 15.4. The summed E-state index contributed by atoms with van der Waals surface area (Å²) in [5, 5.41) is 0.416. The molecular formula is C14H12ClF2NO3. The van der Waals surface area contributed by atoms with Crippen molar-refractivity contribution in [2.75, 3.05) is 6.61 Å². The third kappa shape index (κ3) is 3.39. The topological polar surface area (TPSA) is 52.3 Å². The van der Waals surface area contributed by atoms with E-state index in [1.54, 1.807) is 26.0 Å². The van der Waals surface area contributed by atoms with Crippen LogP contribution in [-0.2, 0) is 4.74 Å². The molecule has 0 N–H and O–H groups in total. The van der Waals surface area contributed by atoms with E-state index in [0.717, 1.165) is 5.56 Å². The SMILES string of the molecule is CCOC(=O)c1oc(-c2cc(C)cc(Cl)c2)nc1C(F)F. The van der Waals surface area contributed by atoms with Crippen LogP contribution in [0, 0.1) is 6.92 Å². The van der Waals surface area contributed by atoms with Gasteiger partial charge >= 0.3 is 5.97 Å². The number of aromatic nitrogens is 1. The molecule has 0 saturated carbocycles. The Kier molecular flexibility index (Phi) is 4.57. The van der Waals surface area contributed by atoms with Crippen molar-refractivity contribution in [3.8, 4) is 11.5 Å². The zero-order chi connectivity index (χ0) is 15.6. The van der Waals surface area contributed by atoms with E-state index in [2.05, 4.69) is 9.72 Å². The van der Waals surface area contributed by atoms with Gasteiger partial charge in [0.05, 0.1) is 6.61 Å². The lowest BCUT2D eigenvalue weighted by Gasteiger charge is -2.00. The molecule has 1 aromatic carbocycles. The van der Waals surface area contributed by atoms with Crippen molar-refractivity contribution in [3.63, 3.8) is 0 Å². The molecule has 21 heavy (non-hydrogen) atoms. The molecule has 112 valence electrons. The smallest absolute Gasteiger partial charge is 0.376 e. The zero-order valence-corrected chi connectivity index (χ0v) is 12.1. The molecule has 0 fully saturated rings. The van der Waals surface area contributed by atoms with Crippen molar-refractivity contribution in [1.82, 2.24) is 4.98 Å². The Bertz CT molecular complexity index is 650. The largest absolute Gasteiger partial charge is 0.460 e. The Morgan fingerprint density at radius 3 is 2.71 bits per heavy atom. The van der Waals surface area contributed by atoms with E-state index in [1.165, 1.54) is 6.07 Å². The second-order valence-electron chi connectivity index (χ2n) is 4.27. The Morgan fingerprint density at radius 1 is 1.43 bits per heavy atom. The summed E-state index contributed by atoms with van der Waals surface area (Å²) in [5.41, 5.74) is 0.491. The van der Waals surface area contributed by atoms with Crippen LogP contribution in [0.25, 0.3) is 11.5 Å². The summed E-state index contributed by atoms with van der Waals surface area (Å²) in [6.45, 7) is 3.41. The van der Waals surface area contributed by atoms with E-state index < -0.39 is 23.8 Å². The van der Waals surface area contributed by atoms with Gasteiger partial charge in [0.25, 0.3) is 6.43 Å². The van der Waals surface area contributed by atoms with Crippen molar-refractivity contribution < 1.29 is 22.7 Å². The van der Waals surface area contributed by atoms with Crippen molar-refractivity contribution in [3.05, 3.63) is 40.2 Å². The molecule has 0 aliphatic carbocycles. The fourth-order valence-electron chi connectivity index (χ4n) is 1.81. The number of ether oxygens (including phenoxy) is 1. The van der Waals surface area contributed by atoms with Gasteiger partial charge in [-0.1, -0.05) is 11.6 Å². The number of esters is 1. The van der Waals surface area contributed by atoms with Crippen LogP contribution >= 0.6 is 11.6 Å². The average molecular weight is 316 g/mol. The maximum atomic E-state index is 13.0. The molecule has 0 unspecified atom stereocenters. The second-order valence-corrected chi connectivity index (χ2v) is 4.71. The molecule has 0 spiro atoms. The fraction of sp³-hybridized carbons (Fsp3) is 0.286. The number of carbonyl (C=O) groups is 1. The maximum absolute atomic E-state index is 13.0. The first-order valence-corrected chi connectivity index (χ1v) is 6.53. The molecule has 0 amide bonds. The normalized spacial score (nSPS) is 11.0. The number of oxazole rings is 1. The van der Waals surface area contributed by atoms with Crippen LogP contribution in [0.4, 0.5) is 8.78 Å². The van der Waals surface area contributed by atoms with Crippen LogP contribution in [-0.4, -0.2) is 17.6 Å². The minimum absolute atomic E-state index is 0.0494. The monoisotopic (exact) mass is 315 g/mol. The summed E-state index contributed by atoms with van der Waals surface area (Å²) >= 11 is 5.91. The average Bonchev–Trinajstić information content (AvgIpc) is 2.83. The highest BCUT2D eigenvalue weighted by molar-refractivity contribution is 6.30. The van der Waals surface area contributed by atoms with Crippen molar-refractivity contribution in [2.24, 2.45) is 0 Å². The van der Waals surface area contributed by atoms with Gasteiger partial charge < -0.3 is 9.15 Å². The molecule has 2 rings (SSSR count). The van der Waals surface area contributed by atoms with Gasteiger partial charge in [0.1, 0.15) is 0 Å². The standard InChI is InChI=1S/C14H12ClF2NO3/c1-3-20-14(19)11-10(12(16)17)18-13(21-11)8-4-7(2)5-9(15)6-8/h4-6,12H,3H2,1-2H3. The third-order valence-corrected chi connectivity index (χ3v) is 2.83. The lowest BCUT2D eigenvalue weighted by molar-refractivity contribution is 0.0476. The first-order chi connectivity index (χ1) is 9.92. The van der Waals surface area contributed by atoms with Crippen LogP contribution in [0.15, 0.2) is 22.6 Å². The summed E-state index contributed by atoms with van der Waals surface area (Å²) < 4.78 is 35.8. The van der Waals surface area contributed by atoms with E-state index in [4.69, 9.17) is 16.0 Å². The van der Waals surface area contributed by atoms with Gasteiger partial charge in [-0.05, 0) is 37.6 Å². The zero-order valence-electron chi connectivity index (χ0n) is 11.3. The summed E-state index contributed by atoms with van der Waals surface area (Å²) in [5.74, 6) is -1.65. The number of rotatable bonds is 4. The molecule has 7 heteroatoms. The van der Waals surface area contributed by atoms with Gasteiger partial charge in [0.15, 0.2) is 5.69 Å². The minimum Gasteiger partial charge on any atom is -0.460 e. The molecule has 0 aliphatic rings. The quantitative estimate of drug-likeness (QED) is 0.784. The number of hydrogen-bond donors (Lipinski definition) is 0. The van der Waals surface area contributed by atoms with Crippen LogP contribution in [0.5, 0.6) is 0 Å².